The van der Waals surface area contributed by atoms with E-state index in [1.54, 1.807) is 0 Å². The van der Waals surface area contributed by atoms with Crippen molar-refractivity contribution in [1.29, 1.82) is 0 Å². The predicted molar refractivity (Wildman–Crippen MR) is 45.2 cm³/mol. The Bertz CT molecular complexity index is 203. The molecule has 0 saturated heterocycles. The number of aliphatic hydroxyl groups is 1. The fourth-order valence-corrected chi connectivity index (χ4v) is 0.981. The number of hydrogen-bond acceptors (Lipinski definition) is 2. The molecule has 12 heavy (non-hydrogen) atoms. The Hall–Kier alpha value is -0.341. The first-order valence-electron chi connectivity index (χ1n) is 3.73. The largest absolute Gasteiger partial charge is 0.395 e. The van der Waals surface area contributed by atoms with E-state index in [2.05, 4.69) is 0 Å². The van der Waals surface area contributed by atoms with Gasteiger partial charge < -0.3 is 10.8 Å². The van der Waals surface area contributed by atoms with Crippen LogP contribution in [-0.4, -0.2) is 17.8 Å². The summed E-state index contributed by atoms with van der Waals surface area (Å²) >= 11 is 0. The number of nitrogens with two attached hydrogens (primary N) is 1. The number of hydrogen-bond donors (Lipinski definition) is 2. The summed E-state index contributed by atoms with van der Waals surface area (Å²) in [6, 6.07) is 9.80. The molecule has 1 radical (unpaired) electrons. The standard InChI is InChI=1S/C9H13NO.Cu/c10-9(7-11)6-8-4-2-1-3-5-8;/h1-5,9,11H,6-7,10H2;/t9-;/m0./s1. The Balaban J connectivity index is 0.00000121. The van der Waals surface area contributed by atoms with Crippen molar-refractivity contribution in [3.63, 3.8) is 0 Å². The first-order valence-corrected chi connectivity index (χ1v) is 3.73. The second-order valence-corrected chi connectivity index (χ2v) is 2.63. The maximum atomic E-state index is 8.67. The van der Waals surface area contributed by atoms with Crippen molar-refractivity contribution in [3.8, 4) is 0 Å². The summed E-state index contributed by atoms with van der Waals surface area (Å²) in [5.74, 6) is 0. The maximum absolute atomic E-state index is 8.67. The Morgan fingerprint density at radius 1 is 1.25 bits per heavy atom. The van der Waals surface area contributed by atoms with Crippen LogP contribution in [0.3, 0.4) is 0 Å². The monoisotopic (exact) mass is 214 g/mol. The van der Waals surface area contributed by atoms with E-state index in [4.69, 9.17) is 10.8 Å². The third-order valence-corrected chi connectivity index (χ3v) is 1.58. The molecule has 1 aromatic rings. The number of benzene rings is 1. The van der Waals surface area contributed by atoms with Gasteiger partial charge in [-0.1, -0.05) is 30.3 Å². The van der Waals surface area contributed by atoms with Crippen LogP contribution >= 0.6 is 0 Å². The molecule has 0 aliphatic carbocycles. The van der Waals surface area contributed by atoms with Gasteiger partial charge in [-0.05, 0) is 12.0 Å². The molecule has 3 heteroatoms. The smallest absolute Gasteiger partial charge is 0.0585 e. The van der Waals surface area contributed by atoms with E-state index in [-0.39, 0.29) is 29.7 Å². The zero-order chi connectivity index (χ0) is 8.10. The van der Waals surface area contributed by atoms with Crippen LogP contribution in [0.15, 0.2) is 30.3 Å². The molecule has 0 amide bonds. The topological polar surface area (TPSA) is 46.2 Å². The van der Waals surface area contributed by atoms with Gasteiger partial charge in [-0.15, -0.1) is 0 Å². The molecular formula is C9H13CuNO. The molecule has 1 rings (SSSR count). The zero-order valence-corrected chi connectivity index (χ0v) is 7.65. The van der Waals surface area contributed by atoms with E-state index in [9.17, 15) is 0 Å². The number of aliphatic hydroxyl groups excluding tert-OH is 1. The van der Waals surface area contributed by atoms with Gasteiger partial charge in [0, 0.05) is 23.1 Å². The van der Waals surface area contributed by atoms with Crippen LogP contribution in [-0.2, 0) is 23.5 Å². The zero-order valence-electron chi connectivity index (χ0n) is 6.70. The molecule has 71 valence electrons. The quantitative estimate of drug-likeness (QED) is 0.722. The van der Waals surface area contributed by atoms with E-state index in [1.807, 2.05) is 30.3 Å². The van der Waals surface area contributed by atoms with Gasteiger partial charge in [-0.3, -0.25) is 0 Å². The normalized spacial score (nSPS) is 11.8. The first-order chi connectivity index (χ1) is 5.33. The Labute approximate surface area is 83.3 Å². The molecule has 0 aromatic heterocycles. The van der Waals surface area contributed by atoms with Crippen LogP contribution < -0.4 is 5.73 Å². The predicted octanol–water partition coefficient (Wildman–Crippen LogP) is 0.546. The van der Waals surface area contributed by atoms with Crippen LogP contribution in [0.4, 0.5) is 0 Å². The summed E-state index contributed by atoms with van der Waals surface area (Å²) in [4.78, 5) is 0. The fraction of sp³-hybridized carbons (Fsp3) is 0.333. The van der Waals surface area contributed by atoms with E-state index in [0.29, 0.717) is 0 Å². The third-order valence-electron chi connectivity index (χ3n) is 1.58. The molecule has 0 aliphatic rings. The Kier molecular flexibility index (Phi) is 6.03. The van der Waals surface area contributed by atoms with Gasteiger partial charge in [-0.25, -0.2) is 0 Å². The molecule has 3 N–H and O–H groups in total. The summed E-state index contributed by atoms with van der Waals surface area (Å²) in [7, 11) is 0. The molecule has 1 aromatic carbocycles. The van der Waals surface area contributed by atoms with Gasteiger partial charge in [0.15, 0.2) is 0 Å². The van der Waals surface area contributed by atoms with Crippen LogP contribution in [0.5, 0.6) is 0 Å². The number of rotatable bonds is 3. The van der Waals surface area contributed by atoms with Crippen molar-refractivity contribution in [2.24, 2.45) is 5.73 Å². The van der Waals surface area contributed by atoms with Crippen LogP contribution in [0.25, 0.3) is 0 Å². The SMILES string of the molecule is N[C@H](CO)Cc1ccccc1.[Cu]. The average Bonchev–Trinajstić information content (AvgIpc) is 2.06. The minimum absolute atomic E-state index is 0. The third kappa shape index (κ3) is 3.88. The summed E-state index contributed by atoms with van der Waals surface area (Å²) in [5, 5.41) is 8.67. The van der Waals surface area contributed by atoms with Crippen LogP contribution in [0.1, 0.15) is 5.56 Å². The van der Waals surface area contributed by atoms with Crippen molar-refractivity contribution < 1.29 is 22.2 Å². The summed E-state index contributed by atoms with van der Waals surface area (Å²) in [6.07, 6.45) is 0.747. The van der Waals surface area contributed by atoms with Crippen molar-refractivity contribution in [1.82, 2.24) is 0 Å². The molecule has 0 bridgehead atoms. The molecule has 0 fully saturated rings. The van der Waals surface area contributed by atoms with Gasteiger partial charge >= 0.3 is 0 Å². The van der Waals surface area contributed by atoms with E-state index in [1.165, 1.54) is 5.56 Å². The molecular weight excluding hydrogens is 202 g/mol. The molecule has 0 spiro atoms. The van der Waals surface area contributed by atoms with Crippen molar-refractivity contribution in [2.75, 3.05) is 6.61 Å². The van der Waals surface area contributed by atoms with Gasteiger partial charge in [-0.2, -0.15) is 0 Å². The van der Waals surface area contributed by atoms with Gasteiger partial charge in [0.1, 0.15) is 0 Å². The summed E-state index contributed by atoms with van der Waals surface area (Å²) < 4.78 is 0. The fourth-order valence-electron chi connectivity index (χ4n) is 0.981. The Morgan fingerprint density at radius 2 is 1.83 bits per heavy atom. The maximum Gasteiger partial charge on any atom is 0.0585 e. The van der Waals surface area contributed by atoms with E-state index < -0.39 is 0 Å². The molecule has 0 unspecified atom stereocenters. The van der Waals surface area contributed by atoms with Crippen molar-refractivity contribution >= 4 is 0 Å². The van der Waals surface area contributed by atoms with Crippen LogP contribution in [0, 0.1) is 0 Å². The van der Waals surface area contributed by atoms with Gasteiger partial charge in [0.25, 0.3) is 0 Å². The van der Waals surface area contributed by atoms with Crippen molar-refractivity contribution in [2.45, 2.75) is 12.5 Å². The first kappa shape index (κ1) is 11.7. The van der Waals surface area contributed by atoms with Crippen molar-refractivity contribution in [3.05, 3.63) is 35.9 Å². The minimum Gasteiger partial charge on any atom is -0.395 e. The molecule has 0 heterocycles. The second-order valence-electron chi connectivity index (χ2n) is 2.63. The van der Waals surface area contributed by atoms with Gasteiger partial charge in [0.2, 0.25) is 0 Å². The molecule has 0 aliphatic heterocycles. The van der Waals surface area contributed by atoms with E-state index >= 15 is 0 Å². The molecule has 0 saturated carbocycles. The summed E-state index contributed by atoms with van der Waals surface area (Å²) in [5.41, 5.74) is 6.73. The van der Waals surface area contributed by atoms with Gasteiger partial charge in [0.05, 0.1) is 6.61 Å². The Morgan fingerprint density at radius 3 is 2.33 bits per heavy atom. The van der Waals surface area contributed by atoms with E-state index in [0.717, 1.165) is 6.42 Å². The minimum atomic E-state index is -0.127. The molecule has 2 nitrogen and oxygen atoms in total. The average molecular weight is 215 g/mol. The van der Waals surface area contributed by atoms with Crippen LogP contribution in [0.2, 0.25) is 0 Å². The second kappa shape index (κ2) is 6.21. The summed E-state index contributed by atoms with van der Waals surface area (Å²) in [6.45, 7) is 0.0505. The molecule has 1 atom stereocenters.